The molecule has 0 radical (unpaired) electrons. The maximum atomic E-state index is 13.5. The Labute approximate surface area is 245 Å². The normalized spacial score (nSPS) is 25.4. The number of aromatic nitrogens is 2. The topological polar surface area (TPSA) is 82.5 Å². The van der Waals surface area contributed by atoms with Crippen molar-refractivity contribution in [2.75, 3.05) is 11.4 Å². The second-order valence-electron chi connectivity index (χ2n) is 12.1. The van der Waals surface area contributed by atoms with Gasteiger partial charge in [-0.05, 0) is 68.9 Å². The van der Waals surface area contributed by atoms with Crippen molar-refractivity contribution >= 4 is 44.6 Å². The molecule has 0 aromatic carbocycles. The summed E-state index contributed by atoms with van der Waals surface area (Å²) in [6, 6.07) is 7.75. The molecule has 2 aromatic rings. The zero-order chi connectivity index (χ0) is 28.5. The predicted octanol–water partition coefficient (Wildman–Crippen LogP) is 6.95. The molecule has 2 bridgehead atoms. The Bertz CT molecular complexity index is 1300. The maximum Gasteiger partial charge on any atom is 0.265 e. The molecule has 0 spiro atoms. The first kappa shape index (κ1) is 29.3. The van der Waals surface area contributed by atoms with Gasteiger partial charge in [0.05, 0.1) is 17.3 Å². The Kier molecular flexibility index (Phi) is 8.61. The summed E-state index contributed by atoms with van der Waals surface area (Å²) in [5.41, 5.74) is 2.13. The summed E-state index contributed by atoms with van der Waals surface area (Å²) in [6.07, 6.45) is 5.26. The van der Waals surface area contributed by atoms with Gasteiger partial charge in [-0.2, -0.15) is 0 Å². The molecule has 1 saturated heterocycles. The fraction of sp³-hybridized carbons (Fsp3) is 0.467. The number of pyridine rings is 2. The molecule has 2 aromatic heterocycles. The van der Waals surface area contributed by atoms with Gasteiger partial charge in [-0.3, -0.25) is 14.5 Å². The van der Waals surface area contributed by atoms with Crippen LogP contribution < -0.4 is 14.9 Å². The molecule has 0 aliphatic carbocycles. The average Bonchev–Trinajstić information content (AvgIpc) is 3.19. The SMILES string of the molecule is C=C/C1=N\C(=C)NC(c2cc(Br)ccn2)CC(C)C2CN(c3nc(C(C)(C)C)ccc3C(=O)NS1)C(C)(C)C2. The monoisotopic (exact) mass is 610 g/mol. The van der Waals surface area contributed by atoms with E-state index < -0.39 is 0 Å². The van der Waals surface area contributed by atoms with Crippen molar-refractivity contribution in [3.63, 3.8) is 0 Å². The fourth-order valence-electron chi connectivity index (χ4n) is 5.36. The number of carbonyl (C=O) groups is 1. The minimum absolute atomic E-state index is 0.0837. The highest BCUT2D eigenvalue weighted by Crippen LogP contribution is 2.43. The van der Waals surface area contributed by atoms with E-state index in [-0.39, 0.29) is 22.9 Å². The summed E-state index contributed by atoms with van der Waals surface area (Å²) < 4.78 is 3.93. The Morgan fingerprint density at radius 3 is 2.67 bits per heavy atom. The minimum Gasteiger partial charge on any atom is -0.362 e. The quantitative estimate of drug-likeness (QED) is 0.358. The number of nitrogens with one attached hydrogen (secondary N) is 2. The first-order valence-electron chi connectivity index (χ1n) is 13.3. The molecule has 1 amide bonds. The van der Waals surface area contributed by atoms with Crippen molar-refractivity contribution in [1.82, 2.24) is 20.0 Å². The van der Waals surface area contributed by atoms with E-state index in [1.165, 1.54) is 0 Å². The van der Waals surface area contributed by atoms with E-state index in [2.05, 4.69) is 95.5 Å². The number of fused-ring (bicyclic) bond motifs is 4. The van der Waals surface area contributed by atoms with Crippen LogP contribution in [0.3, 0.4) is 0 Å². The second kappa shape index (κ2) is 11.5. The van der Waals surface area contributed by atoms with E-state index in [4.69, 9.17) is 4.98 Å². The van der Waals surface area contributed by atoms with E-state index in [0.29, 0.717) is 28.3 Å². The molecule has 3 atom stereocenters. The molecule has 3 unspecified atom stereocenters. The van der Waals surface area contributed by atoms with Gasteiger partial charge in [0.1, 0.15) is 16.7 Å². The summed E-state index contributed by atoms with van der Waals surface area (Å²) in [5, 5.41) is 4.03. The molecule has 9 heteroatoms. The van der Waals surface area contributed by atoms with E-state index in [1.54, 1.807) is 6.08 Å². The smallest absolute Gasteiger partial charge is 0.265 e. The molecule has 2 aliphatic rings. The van der Waals surface area contributed by atoms with Crippen LogP contribution in [0.25, 0.3) is 0 Å². The van der Waals surface area contributed by atoms with E-state index in [9.17, 15) is 4.79 Å². The summed E-state index contributed by atoms with van der Waals surface area (Å²) in [5.74, 6) is 1.76. The molecule has 4 rings (SSSR count). The first-order valence-corrected chi connectivity index (χ1v) is 14.9. The number of hydrogen-bond donors (Lipinski definition) is 2. The van der Waals surface area contributed by atoms with Crippen molar-refractivity contribution in [2.45, 2.75) is 71.4 Å². The largest absolute Gasteiger partial charge is 0.362 e. The molecule has 2 aliphatic heterocycles. The van der Waals surface area contributed by atoms with E-state index >= 15 is 0 Å². The van der Waals surface area contributed by atoms with Crippen molar-refractivity contribution in [2.24, 2.45) is 16.8 Å². The molecule has 7 nitrogen and oxygen atoms in total. The highest BCUT2D eigenvalue weighted by Gasteiger charge is 2.43. The van der Waals surface area contributed by atoms with Crippen LogP contribution in [-0.4, -0.2) is 33.0 Å². The van der Waals surface area contributed by atoms with Crippen LogP contribution in [0.1, 0.15) is 82.2 Å². The first-order chi connectivity index (χ1) is 18.3. The highest BCUT2D eigenvalue weighted by molar-refractivity contribution is 9.10. The van der Waals surface area contributed by atoms with Crippen molar-refractivity contribution in [3.05, 3.63) is 76.9 Å². The highest BCUT2D eigenvalue weighted by atomic mass is 79.9. The minimum atomic E-state index is -0.213. The van der Waals surface area contributed by atoms with Crippen molar-refractivity contribution < 1.29 is 4.79 Å². The van der Waals surface area contributed by atoms with Gasteiger partial charge in [0.2, 0.25) is 0 Å². The number of nitrogens with zero attached hydrogens (tertiary/aromatic N) is 4. The Morgan fingerprint density at radius 1 is 1.26 bits per heavy atom. The fourth-order valence-corrected chi connectivity index (χ4v) is 6.26. The van der Waals surface area contributed by atoms with E-state index in [0.717, 1.165) is 53.0 Å². The summed E-state index contributed by atoms with van der Waals surface area (Å²) in [6.45, 7) is 22.1. The third kappa shape index (κ3) is 6.74. The van der Waals surface area contributed by atoms with Gasteiger partial charge in [0, 0.05) is 45.8 Å². The Morgan fingerprint density at radius 2 is 2.00 bits per heavy atom. The zero-order valence-corrected chi connectivity index (χ0v) is 26.1. The lowest BCUT2D eigenvalue weighted by molar-refractivity contribution is 0.0984. The van der Waals surface area contributed by atoms with Gasteiger partial charge in [0.15, 0.2) is 0 Å². The second-order valence-corrected chi connectivity index (χ2v) is 13.9. The molecule has 2 N–H and O–H groups in total. The van der Waals surface area contributed by atoms with Crippen LogP contribution >= 0.6 is 27.9 Å². The number of hydrogen-bond acceptors (Lipinski definition) is 7. The molecular weight excluding hydrogens is 572 g/mol. The van der Waals surface area contributed by atoms with Gasteiger partial charge in [-0.1, -0.05) is 56.8 Å². The average molecular weight is 612 g/mol. The van der Waals surface area contributed by atoms with Crippen molar-refractivity contribution in [1.29, 1.82) is 0 Å². The lowest BCUT2D eigenvalue weighted by atomic mass is 9.83. The molecule has 0 saturated carbocycles. The molecule has 39 heavy (non-hydrogen) atoms. The van der Waals surface area contributed by atoms with E-state index in [1.807, 2.05) is 30.5 Å². The summed E-state index contributed by atoms with van der Waals surface area (Å²) in [7, 11) is 0. The third-order valence-electron chi connectivity index (χ3n) is 7.57. The van der Waals surface area contributed by atoms with Gasteiger partial charge >= 0.3 is 0 Å². The lowest BCUT2D eigenvalue weighted by Crippen LogP contribution is -2.40. The van der Waals surface area contributed by atoms with Crippen LogP contribution in [0.4, 0.5) is 5.82 Å². The number of rotatable bonds is 2. The Balaban J connectivity index is 1.80. The Hall–Kier alpha value is -2.65. The van der Waals surface area contributed by atoms with Crippen LogP contribution in [0.15, 0.2) is 65.0 Å². The molecule has 208 valence electrons. The van der Waals surface area contributed by atoms with Crippen LogP contribution in [0.2, 0.25) is 0 Å². The van der Waals surface area contributed by atoms with Gasteiger partial charge in [-0.25, -0.2) is 9.98 Å². The summed E-state index contributed by atoms with van der Waals surface area (Å²) >= 11 is 4.71. The van der Waals surface area contributed by atoms with Crippen molar-refractivity contribution in [3.8, 4) is 0 Å². The maximum absolute atomic E-state index is 13.5. The third-order valence-corrected chi connectivity index (χ3v) is 8.82. The zero-order valence-electron chi connectivity index (χ0n) is 23.7. The van der Waals surface area contributed by atoms with Crippen LogP contribution in [0.5, 0.6) is 0 Å². The number of aliphatic imine (C=N–C) groups is 1. The number of amides is 1. The molecule has 1 fully saturated rings. The number of carbonyl (C=O) groups excluding carboxylic acids is 1. The molecule has 4 heterocycles. The standard InChI is InChI=1S/C30H39BrN6OS/c1-9-26-34-19(3)33-24(23-15-21(31)12-13-32-23)14-18(2)20-16-30(7,8)37(17-20)27-22(28(38)36-39-26)10-11-25(35-27)29(4,5)6/h9-13,15,18,20,24,33H,1,3,14,16-17H2,2,4-8H3,(H,36,38)/b34-26+. The van der Waals surface area contributed by atoms with Gasteiger partial charge < -0.3 is 10.2 Å². The lowest BCUT2D eigenvalue weighted by Gasteiger charge is -2.34. The van der Waals surface area contributed by atoms with Gasteiger partial charge in [0.25, 0.3) is 5.91 Å². The molecular formula is C30H39BrN6OS. The van der Waals surface area contributed by atoms with Crippen LogP contribution in [-0.2, 0) is 5.41 Å². The van der Waals surface area contributed by atoms with Gasteiger partial charge in [-0.15, -0.1) is 0 Å². The number of anilines is 1. The van der Waals surface area contributed by atoms with Crippen LogP contribution in [0, 0.1) is 11.8 Å². The summed E-state index contributed by atoms with van der Waals surface area (Å²) in [4.78, 5) is 30.3. The number of halogens is 1. The predicted molar refractivity (Wildman–Crippen MR) is 166 cm³/mol.